The van der Waals surface area contributed by atoms with E-state index in [9.17, 15) is 0 Å². The van der Waals surface area contributed by atoms with Gasteiger partial charge >= 0.3 is 0 Å². The number of benzene rings is 2. The molecule has 1 nitrogen and oxygen atoms in total. The van der Waals surface area contributed by atoms with E-state index >= 15 is 0 Å². The molecule has 0 saturated carbocycles. The first-order valence-electron chi connectivity index (χ1n) is 4.14. The zero-order valence-electron chi connectivity index (χ0n) is 7.55. The maximum Gasteiger partial charge on any atom is 0.140 e. The molecule has 2 aromatic carbocycles. The summed E-state index contributed by atoms with van der Waals surface area (Å²) in [6.45, 7) is 0. The van der Waals surface area contributed by atoms with Crippen LogP contribution in [0, 0.1) is 0 Å². The van der Waals surface area contributed by atoms with Crippen LogP contribution in [0.15, 0.2) is 34.8 Å². The lowest BCUT2D eigenvalue weighted by atomic mass is 10.1. The summed E-state index contributed by atoms with van der Waals surface area (Å²) in [7, 11) is 1.65. The first-order chi connectivity index (χ1) is 6.72. The van der Waals surface area contributed by atoms with E-state index in [1.165, 1.54) is 0 Å². The molecular weight excluding hydrogens is 263 g/mol. The first-order valence-corrected chi connectivity index (χ1v) is 5.31. The maximum absolute atomic E-state index is 5.93. The predicted octanol–water partition coefficient (Wildman–Crippen LogP) is 4.26. The molecular formula is C11H8BrClO. The van der Waals surface area contributed by atoms with E-state index in [0.29, 0.717) is 5.02 Å². The second kappa shape index (κ2) is 3.79. The van der Waals surface area contributed by atoms with Crippen LogP contribution < -0.4 is 4.74 Å². The summed E-state index contributed by atoms with van der Waals surface area (Å²) in [5.41, 5.74) is 0. The molecule has 0 amide bonds. The fraction of sp³-hybridized carbons (Fsp3) is 0.0909. The number of hydrogen-bond donors (Lipinski definition) is 0. The molecule has 0 radical (unpaired) electrons. The van der Waals surface area contributed by atoms with Crippen molar-refractivity contribution in [1.82, 2.24) is 0 Å². The number of hydrogen-bond acceptors (Lipinski definition) is 1. The summed E-state index contributed by atoms with van der Waals surface area (Å²) in [5.74, 6) is 0.824. The fourth-order valence-corrected chi connectivity index (χ4v) is 2.12. The van der Waals surface area contributed by atoms with Gasteiger partial charge in [0.2, 0.25) is 0 Å². The molecule has 0 atom stereocenters. The summed E-state index contributed by atoms with van der Waals surface area (Å²) in [6.07, 6.45) is 0. The van der Waals surface area contributed by atoms with Crippen molar-refractivity contribution in [2.24, 2.45) is 0 Å². The number of rotatable bonds is 1. The Hall–Kier alpha value is -0.730. The molecule has 0 bridgehead atoms. The molecule has 0 spiro atoms. The van der Waals surface area contributed by atoms with Crippen molar-refractivity contribution in [3.8, 4) is 5.75 Å². The zero-order valence-corrected chi connectivity index (χ0v) is 9.89. The van der Waals surface area contributed by atoms with Gasteiger partial charge in [0.1, 0.15) is 5.75 Å². The van der Waals surface area contributed by atoms with Crippen LogP contribution in [0.3, 0.4) is 0 Å². The van der Waals surface area contributed by atoms with Crippen LogP contribution >= 0.6 is 27.5 Å². The second-order valence-corrected chi connectivity index (χ2v) is 4.24. The zero-order chi connectivity index (χ0) is 10.1. The Labute approximate surface area is 95.8 Å². The summed E-state index contributed by atoms with van der Waals surface area (Å²) in [4.78, 5) is 0. The van der Waals surface area contributed by atoms with E-state index in [4.69, 9.17) is 16.3 Å². The molecule has 0 unspecified atom stereocenters. The minimum absolute atomic E-state index is 0.717. The monoisotopic (exact) mass is 270 g/mol. The van der Waals surface area contributed by atoms with Gasteiger partial charge in [0.25, 0.3) is 0 Å². The average molecular weight is 272 g/mol. The molecule has 72 valence electrons. The van der Waals surface area contributed by atoms with Crippen molar-refractivity contribution in [3.63, 3.8) is 0 Å². The minimum atomic E-state index is 0.717. The largest absolute Gasteiger partial charge is 0.495 e. The van der Waals surface area contributed by atoms with Gasteiger partial charge in [-0.05, 0) is 39.5 Å². The smallest absolute Gasteiger partial charge is 0.140 e. The molecule has 0 aliphatic rings. The Morgan fingerprint density at radius 1 is 1.21 bits per heavy atom. The Balaban J connectivity index is 2.84. The summed E-state index contributed by atoms with van der Waals surface area (Å²) < 4.78 is 6.25. The van der Waals surface area contributed by atoms with Gasteiger partial charge < -0.3 is 4.74 Å². The van der Waals surface area contributed by atoms with Crippen LogP contribution in [0.2, 0.25) is 5.02 Å². The van der Waals surface area contributed by atoms with Gasteiger partial charge in [0.05, 0.1) is 11.6 Å². The molecule has 2 aromatic rings. The third-order valence-corrected chi connectivity index (χ3v) is 2.95. The Kier molecular flexibility index (Phi) is 2.66. The van der Waals surface area contributed by atoms with Crippen molar-refractivity contribution in [2.45, 2.75) is 0 Å². The van der Waals surface area contributed by atoms with Gasteiger partial charge in [-0.1, -0.05) is 23.7 Å². The van der Waals surface area contributed by atoms with Gasteiger partial charge in [-0.3, -0.25) is 0 Å². The van der Waals surface area contributed by atoms with Crippen molar-refractivity contribution < 1.29 is 4.74 Å². The molecule has 14 heavy (non-hydrogen) atoms. The molecule has 0 aliphatic heterocycles. The Bertz CT molecular complexity index is 477. The summed E-state index contributed by atoms with van der Waals surface area (Å²) >= 11 is 9.36. The predicted molar refractivity (Wildman–Crippen MR) is 63.2 cm³/mol. The fourth-order valence-electron chi connectivity index (χ4n) is 1.45. The first kappa shape index (κ1) is 9.81. The topological polar surface area (TPSA) is 9.23 Å². The highest BCUT2D eigenvalue weighted by Crippen LogP contribution is 2.34. The van der Waals surface area contributed by atoms with E-state index in [1.807, 2.05) is 30.3 Å². The standard InChI is InChI=1S/C11H8BrClO/c1-14-11-9-6-8(13)4-2-7(9)3-5-10(11)12/h2-6H,1H3. The highest BCUT2D eigenvalue weighted by molar-refractivity contribution is 9.10. The van der Waals surface area contributed by atoms with Gasteiger partial charge in [-0.2, -0.15) is 0 Å². The SMILES string of the molecule is COc1c(Br)ccc2ccc(Cl)cc12. The molecule has 0 N–H and O–H groups in total. The van der Waals surface area contributed by atoms with Crippen LogP contribution in [0.1, 0.15) is 0 Å². The molecule has 0 aromatic heterocycles. The van der Waals surface area contributed by atoms with Crippen molar-refractivity contribution in [1.29, 1.82) is 0 Å². The number of fused-ring (bicyclic) bond motifs is 1. The molecule has 2 rings (SSSR count). The van der Waals surface area contributed by atoms with Crippen LogP contribution in [0.5, 0.6) is 5.75 Å². The summed E-state index contributed by atoms with van der Waals surface area (Å²) in [5, 5.41) is 2.86. The average Bonchev–Trinajstić information content (AvgIpc) is 2.17. The summed E-state index contributed by atoms with van der Waals surface area (Å²) in [6, 6.07) is 9.75. The molecule has 0 fully saturated rings. The lowest BCUT2D eigenvalue weighted by molar-refractivity contribution is 0.417. The minimum Gasteiger partial charge on any atom is -0.495 e. The Morgan fingerprint density at radius 2 is 1.93 bits per heavy atom. The lowest BCUT2D eigenvalue weighted by Gasteiger charge is -2.07. The van der Waals surface area contributed by atoms with Crippen LogP contribution in [0.4, 0.5) is 0 Å². The third-order valence-electron chi connectivity index (χ3n) is 2.09. The number of halogens is 2. The highest BCUT2D eigenvalue weighted by Gasteiger charge is 2.05. The maximum atomic E-state index is 5.93. The highest BCUT2D eigenvalue weighted by atomic mass is 79.9. The van der Waals surface area contributed by atoms with Crippen molar-refractivity contribution in [2.75, 3.05) is 7.11 Å². The molecule has 3 heteroatoms. The second-order valence-electron chi connectivity index (χ2n) is 2.95. The molecule has 0 heterocycles. The van der Waals surface area contributed by atoms with E-state index in [0.717, 1.165) is 21.0 Å². The van der Waals surface area contributed by atoms with Crippen molar-refractivity contribution in [3.05, 3.63) is 39.8 Å². The third kappa shape index (κ3) is 1.60. The van der Waals surface area contributed by atoms with E-state index in [2.05, 4.69) is 15.9 Å². The quantitative estimate of drug-likeness (QED) is 0.753. The van der Waals surface area contributed by atoms with Crippen LogP contribution in [-0.4, -0.2) is 7.11 Å². The van der Waals surface area contributed by atoms with E-state index in [1.54, 1.807) is 7.11 Å². The number of ether oxygens (including phenoxy) is 1. The van der Waals surface area contributed by atoms with Gasteiger partial charge in [0.15, 0.2) is 0 Å². The Morgan fingerprint density at radius 3 is 2.64 bits per heavy atom. The number of methoxy groups -OCH3 is 1. The normalized spacial score (nSPS) is 10.5. The van der Waals surface area contributed by atoms with Gasteiger partial charge in [0, 0.05) is 10.4 Å². The molecule has 0 aliphatic carbocycles. The van der Waals surface area contributed by atoms with Crippen LogP contribution in [0.25, 0.3) is 10.8 Å². The van der Waals surface area contributed by atoms with Gasteiger partial charge in [-0.15, -0.1) is 0 Å². The molecule has 0 saturated heterocycles. The lowest BCUT2D eigenvalue weighted by Crippen LogP contribution is -1.86. The van der Waals surface area contributed by atoms with E-state index in [-0.39, 0.29) is 0 Å². The van der Waals surface area contributed by atoms with Gasteiger partial charge in [-0.25, -0.2) is 0 Å². The van der Waals surface area contributed by atoms with Crippen molar-refractivity contribution >= 4 is 38.3 Å². The van der Waals surface area contributed by atoms with E-state index < -0.39 is 0 Å². The van der Waals surface area contributed by atoms with Crippen LogP contribution in [-0.2, 0) is 0 Å².